The third-order valence-corrected chi connectivity index (χ3v) is 3.51. The SMILES string of the molecule is Cl.c1cc(-c2noc([C@@H]3CCCCN3)n2)cs1. The van der Waals surface area contributed by atoms with Crippen LogP contribution in [0.3, 0.4) is 0 Å². The molecule has 1 aliphatic rings. The van der Waals surface area contributed by atoms with Crippen molar-refractivity contribution >= 4 is 23.7 Å². The Morgan fingerprint density at radius 3 is 3.06 bits per heavy atom. The average molecular weight is 272 g/mol. The van der Waals surface area contributed by atoms with Crippen LogP contribution in [0.25, 0.3) is 11.4 Å². The third kappa shape index (κ3) is 2.68. The second kappa shape index (κ2) is 5.62. The Morgan fingerprint density at radius 2 is 2.35 bits per heavy atom. The lowest BCUT2D eigenvalue weighted by Gasteiger charge is -2.19. The fourth-order valence-electron chi connectivity index (χ4n) is 1.95. The van der Waals surface area contributed by atoms with E-state index in [0.717, 1.165) is 24.4 Å². The van der Waals surface area contributed by atoms with Gasteiger partial charge >= 0.3 is 0 Å². The maximum absolute atomic E-state index is 5.31. The van der Waals surface area contributed by atoms with Gasteiger partial charge in [0.1, 0.15) is 0 Å². The summed E-state index contributed by atoms with van der Waals surface area (Å²) in [5.41, 5.74) is 1.04. The topological polar surface area (TPSA) is 51.0 Å². The van der Waals surface area contributed by atoms with Crippen molar-refractivity contribution in [1.29, 1.82) is 0 Å². The first kappa shape index (κ1) is 12.5. The molecule has 0 unspecified atom stereocenters. The van der Waals surface area contributed by atoms with Crippen LogP contribution < -0.4 is 5.32 Å². The fourth-order valence-corrected chi connectivity index (χ4v) is 2.58. The van der Waals surface area contributed by atoms with Gasteiger partial charge in [-0.25, -0.2) is 0 Å². The highest BCUT2D eigenvalue weighted by molar-refractivity contribution is 7.08. The predicted molar refractivity (Wildman–Crippen MR) is 69.5 cm³/mol. The molecular formula is C11H14ClN3OS. The molecule has 4 nitrogen and oxygen atoms in total. The van der Waals surface area contributed by atoms with Crippen molar-refractivity contribution in [3.63, 3.8) is 0 Å². The van der Waals surface area contributed by atoms with E-state index in [1.165, 1.54) is 12.8 Å². The van der Waals surface area contributed by atoms with E-state index in [4.69, 9.17) is 4.52 Å². The zero-order valence-corrected chi connectivity index (χ0v) is 10.9. The summed E-state index contributed by atoms with van der Waals surface area (Å²) in [7, 11) is 0. The van der Waals surface area contributed by atoms with E-state index in [9.17, 15) is 0 Å². The average Bonchev–Trinajstić information content (AvgIpc) is 3.01. The van der Waals surface area contributed by atoms with Crippen LogP contribution in [0.15, 0.2) is 21.3 Å². The van der Waals surface area contributed by atoms with Crippen LogP contribution in [-0.2, 0) is 0 Å². The Bertz CT molecular complexity index is 451. The van der Waals surface area contributed by atoms with Crippen LogP contribution in [0.1, 0.15) is 31.2 Å². The second-order valence-electron chi connectivity index (χ2n) is 3.97. The lowest BCUT2D eigenvalue weighted by atomic mass is 10.1. The minimum Gasteiger partial charge on any atom is -0.337 e. The second-order valence-corrected chi connectivity index (χ2v) is 4.75. The number of rotatable bonds is 2. The Balaban J connectivity index is 0.00000108. The minimum absolute atomic E-state index is 0. The first-order chi connectivity index (χ1) is 7.93. The van der Waals surface area contributed by atoms with Crippen LogP contribution in [0.4, 0.5) is 0 Å². The molecule has 0 amide bonds. The van der Waals surface area contributed by atoms with Crippen molar-refractivity contribution in [2.75, 3.05) is 6.54 Å². The third-order valence-electron chi connectivity index (χ3n) is 2.83. The van der Waals surface area contributed by atoms with Gasteiger partial charge in [0.2, 0.25) is 11.7 Å². The highest BCUT2D eigenvalue weighted by Gasteiger charge is 2.21. The molecule has 0 bridgehead atoms. The lowest BCUT2D eigenvalue weighted by molar-refractivity contribution is 0.297. The van der Waals surface area contributed by atoms with E-state index in [1.54, 1.807) is 11.3 Å². The number of thiophene rings is 1. The molecule has 2 aromatic rings. The highest BCUT2D eigenvalue weighted by Crippen LogP contribution is 2.24. The summed E-state index contributed by atoms with van der Waals surface area (Å²) in [6, 6.07) is 2.25. The number of hydrogen-bond donors (Lipinski definition) is 1. The number of piperidine rings is 1. The molecule has 0 aromatic carbocycles. The monoisotopic (exact) mass is 271 g/mol. The van der Waals surface area contributed by atoms with Crippen LogP contribution in [-0.4, -0.2) is 16.7 Å². The largest absolute Gasteiger partial charge is 0.337 e. The van der Waals surface area contributed by atoms with Gasteiger partial charge in [-0.2, -0.15) is 16.3 Å². The maximum Gasteiger partial charge on any atom is 0.244 e. The molecule has 3 heterocycles. The van der Waals surface area contributed by atoms with Crippen molar-refractivity contribution < 1.29 is 4.52 Å². The maximum atomic E-state index is 5.31. The van der Waals surface area contributed by atoms with E-state index < -0.39 is 0 Å². The summed E-state index contributed by atoms with van der Waals surface area (Å²) in [5, 5.41) is 11.5. The van der Waals surface area contributed by atoms with Gasteiger partial charge in [0, 0.05) is 10.9 Å². The molecule has 3 rings (SSSR count). The normalized spacial score (nSPS) is 19.9. The van der Waals surface area contributed by atoms with Crippen molar-refractivity contribution in [2.24, 2.45) is 0 Å². The zero-order valence-electron chi connectivity index (χ0n) is 9.26. The first-order valence-corrected chi connectivity index (χ1v) is 6.47. The van der Waals surface area contributed by atoms with Gasteiger partial charge in [0.05, 0.1) is 6.04 Å². The number of nitrogens with one attached hydrogen (secondary N) is 1. The molecule has 0 radical (unpaired) electrons. The van der Waals surface area contributed by atoms with Gasteiger partial charge in [0.25, 0.3) is 0 Å². The van der Waals surface area contributed by atoms with Crippen LogP contribution in [0, 0.1) is 0 Å². The number of nitrogens with zero attached hydrogens (tertiary/aromatic N) is 2. The van der Waals surface area contributed by atoms with E-state index in [1.807, 2.05) is 16.8 Å². The molecule has 1 N–H and O–H groups in total. The summed E-state index contributed by atoms with van der Waals surface area (Å²) >= 11 is 1.64. The predicted octanol–water partition coefficient (Wildman–Crippen LogP) is 3.03. The van der Waals surface area contributed by atoms with Gasteiger partial charge in [-0.1, -0.05) is 11.6 Å². The Hall–Kier alpha value is -0.910. The molecule has 1 aliphatic heterocycles. The van der Waals surface area contributed by atoms with Gasteiger partial charge in [-0.3, -0.25) is 0 Å². The Morgan fingerprint density at radius 1 is 1.41 bits per heavy atom. The summed E-state index contributed by atoms with van der Waals surface area (Å²) in [6.45, 7) is 1.04. The molecule has 1 saturated heterocycles. The van der Waals surface area contributed by atoms with Crippen molar-refractivity contribution in [2.45, 2.75) is 25.3 Å². The lowest BCUT2D eigenvalue weighted by Crippen LogP contribution is -2.26. The fraction of sp³-hybridized carbons (Fsp3) is 0.455. The van der Waals surface area contributed by atoms with Crippen molar-refractivity contribution in [3.8, 4) is 11.4 Å². The molecule has 0 spiro atoms. The van der Waals surface area contributed by atoms with Crippen molar-refractivity contribution in [3.05, 3.63) is 22.7 Å². The molecule has 92 valence electrons. The summed E-state index contributed by atoms with van der Waals surface area (Å²) in [5.74, 6) is 1.42. The number of halogens is 1. The van der Waals surface area contributed by atoms with Crippen LogP contribution in [0.2, 0.25) is 0 Å². The van der Waals surface area contributed by atoms with E-state index >= 15 is 0 Å². The first-order valence-electron chi connectivity index (χ1n) is 5.53. The van der Waals surface area contributed by atoms with Gasteiger partial charge in [-0.05, 0) is 30.8 Å². The van der Waals surface area contributed by atoms with Gasteiger partial charge in [-0.15, -0.1) is 12.4 Å². The molecular weight excluding hydrogens is 258 g/mol. The summed E-state index contributed by atoms with van der Waals surface area (Å²) in [6.07, 6.45) is 3.56. The molecule has 1 fully saturated rings. The number of aromatic nitrogens is 2. The van der Waals surface area contributed by atoms with Crippen LogP contribution in [0.5, 0.6) is 0 Å². The van der Waals surface area contributed by atoms with Gasteiger partial charge < -0.3 is 9.84 Å². The summed E-state index contributed by atoms with van der Waals surface area (Å²) < 4.78 is 5.31. The number of hydrogen-bond acceptors (Lipinski definition) is 5. The standard InChI is InChI=1S/C11H13N3OS.ClH/c1-2-5-12-9(3-1)11-13-10(14-15-11)8-4-6-16-7-8;/h4,6-7,9,12H,1-3,5H2;1H/t9-;/m0./s1. The Labute approximate surface area is 110 Å². The zero-order chi connectivity index (χ0) is 10.8. The van der Waals surface area contributed by atoms with E-state index in [2.05, 4.69) is 15.5 Å². The summed E-state index contributed by atoms with van der Waals surface area (Å²) in [4.78, 5) is 4.44. The van der Waals surface area contributed by atoms with E-state index in [-0.39, 0.29) is 18.4 Å². The minimum atomic E-state index is 0. The molecule has 2 aromatic heterocycles. The quantitative estimate of drug-likeness (QED) is 0.912. The van der Waals surface area contributed by atoms with Gasteiger partial charge in [0.15, 0.2) is 0 Å². The Kier molecular flexibility index (Phi) is 4.15. The molecule has 0 saturated carbocycles. The molecule has 17 heavy (non-hydrogen) atoms. The molecule has 0 aliphatic carbocycles. The van der Waals surface area contributed by atoms with E-state index in [0.29, 0.717) is 5.82 Å². The molecule has 6 heteroatoms. The van der Waals surface area contributed by atoms with Crippen molar-refractivity contribution in [1.82, 2.24) is 15.5 Å². The highest BCUT2D eigenvalue weighted by atomic mass is 35.5. The van der Waals surface area contributed by atoms with Crippen LogP contribution >= 0.6 is 23.7 Å². The smallest absolute Gasteiger partial charge is 0.244 e. The molecule has 1 atom stereocenters.